The van der Waals surface area contributed by atoms with E-state index in [2.05, 4.69) is 10.3 Å². The molecule has 1 aromatic rings. The molecule has 0 aromatic carbocycles. The van der Waals surface area contributed by atoms with Gasteiger partial charge in [-0.25, -0.2) is 4.79 Å². The molecule has 5 nitrogen and oxygen atoms in total. The van der Waals surface area contributed by atoms with Crippen molar-refractivity contribution in [2.45, 2.75) is 32.2 Å². The number of carbonyl (C=O) groups is 2. The number of carboxylic acids is 1. The van der Waals surface area contributed by atoms with Gasteiger partial charge in [0.05, 0.1) is 0 Å². The van der Waals surface area contributed by atoms with Crippen molar-refractivity contribution in [1.82, 2.24) is 10.3 Å². The average Bonchev–Trinajstić information content (AvgIpc) is 2.36. The van der Waals surface area contributed by atoms with Crippen LogP contribution in [0, 0.1) is 0 Å². The lowest BCUT2D eigenvalue weighted by molar-refractivity contribution is -0.144. The molecule has 0 aliphatic rings. The average molecular weight is 236 g/mol. The summed E-state index contributed by atoms with van der Waals surface area (Å²) in [5.74, 6) is -1.40. The smallest absolute Gasteiger partial charge is 0.329 e. The van der Waals surface area contributed by atoms with Gasteiger partial charge in [-0.1, -0.05) is 13.8 Å². The predicted octanol–water partition coefficient (Wildman–Crippen LogP) is 1.45. The van der Waals surface area contributed by atoms with Crippen molar-refractivity contribution in [3.8, 4) is 0 Å². The third-order valence-corrected chi connectivity index (χ3v) is 2.91. The molecule has 5 heteroatoms. The number of hydrogen-bond acceptors (Lipinski definition) is 3. The van der Waals surface area contributed by atoms with Crippen LogP contribution in [0.5, 0.6) is 0 Å². The van der Waals surface area contributed by atoms with Gasteiger partial charge in [-0.05, 0) is 25.0 Å². The minimum absolute atomic E-state index is 0.343. The predicted molar refractivity (Wildman–Crippen MR) is 62.7 cm³/mol. The molecule has 0 aliphatic heterocycles. The van der Waals surface area contributed by atoms with Gasteiger partial charge in [-0.2, -0.15) is 0 Å². The molecule has 0 bridgehead atoms. The SMILES string of the molecule is CCC(CC)(NC(=O)c1ccncc1)C(=O)O. The number of nitrogens with zero attached hydrogens (tertiary/aromatic N) is 1. The molecule has 0 spiro atoms. The number of aromatic nitrogens is 1. The first-order valence-electron chi connectivity index (χ1n) is 5.51. The molecule has 0 radical (unpaired) electrons. The van der Waals surface area contributed by atoms with E-state index in [4.69, 9.17) is 0 Å². The lowest BCUT2D eigenvalue weighted by Crippen LogP contribution is -2.53. The second-order valence-corrected chi connectivity index (χ2v) is 3.78. The Balaban J connectivity index is 2.89. The molecule has 17 heavy (non-hydrogen) atoms. The fraction of sp³-hybridized carbons (Fsp3) is 0.417. The number of nitrogens with one attached hydrogen (secondary N) is 1. The summed E-state index contributed by atoms with van der Waals surface area (Å²) in [7, 11) is 0. The van der Waals surface area contributed by atoms with E-state index in [1.165, 1.54) is 12.4 Å². The van der Waals surface area contributed by atoms with Crippen LogP contribution in [0.25, 0.3) is 0 Å². The van der Waals surface area contributed by atoms with Crippen molar-refractivity contribution in [3.63, 3.8) is 0 Å². The van der Waals surface area contributed by atoms with E-state index < -0.39 is 17.4 Å². The second kappa shape index (κ2) is 5.43. The Morgan fingerprint density at radius 1 is 1.29 bits per heavy atom. The molecule has 2 N–H and O–H groups in total. The van der Waals surface area contributed by atoms with Gasteiger partial charge < -0.3 is 10.4 Å². The summed E-state index contributed by atoms with van der Waals surface area (Å²) in [6.07, 6.45) is 3.68. The molecule has 1 aromatic heterocycles. The monoisotopic (exact) mass is 236 g/mol. The van der Waals surface area contributed by atoms with Gasteiger partial charge in [0.25, 0.3) is 5.91 Å². The number of aliphatic carboxylic acids is 1. The van der Waals surface area contributed by atoms with Gasteiger partial charge in [0, 0.05) is 18.0 Å². The highest BCUT2D eigenvalue weighted by atomic mass is 16.4. The molecule has 1 rings (SSSR count). The molecule has 0 saturated heterocycles. The zero-order chi connectivity index (χ0) is 12.9. The highest BCUT2D eigenvalue weighted by Gasteiger charge is 2.36. The van der Waals surface area contributed by atoms with Crippen molar-refractivity contribution < 1.29 is 14.7 Å². The topological polar surface area (TPSA) is 79.3 Å². The number of amides is 1. The maximum Gasteiger partial charge on any atom is 0.329 e. The molecule has 0 atom stereocenters. The van der Waals surface area contributed by atoms with Crippen LogP contribution in [0.4, 0.5) is 0 Å². The van der Waals surface area contributed by atoms with Crippen molar-refractivity contribution in [1.29, 1.82) is 0 Å². The zero-order valence-corrected chi connectivity index (χ0v) is 9.93. The van der Waals surface area contributed by atoms with Crippen LogP contribution in [0.1, 0.15) is 37.0 Å². The summed E-state index contributed by atoms with van der Waals surface area (Å²) >= 11 is 0. The number of rotatable bonds is 5. The highest BCUT2D eigenvalue weighted by molar-refractivity contribution is 5.97. The fourth-order valence-electron chi connectivity index (χ4n) is 1.58. The molecule has 92 valence electrons. The van der Waals surface area contributed by atoms with Crippen LogP contribution in [-0.2, 0) is 4.79 Å². The van der Waals surface area contributed by atoms with Gasteiger partial charge in [0.2, 0.25) is 0 Å². The van der Waals surface area contributed by atoms with E-state index in [0.717, 1.165) is 0 Å². The van der Waals surface area contributed by atoms with Gasteiger partial charge in [0.1, 0.15) is 5.54 Å². The van der Waals surface area contributed by atoms with Crippen LogP contribution in [0.2, 0.25) is 0 Å². The number of pyridine rings is 1. The maximum atomic E-state index is 11.9. The van der Waals surface area contributed by atoms with Crippen LogP contribution in [0.3, 0.4) is 0 Å². The molecule has 0 aliphatic carbocycles. The normalized spacial score (nSPS) is 10.9. The molecule has 0 fully saturated rings. The van der Waals surface area contributed by atoms with Crippen molar-refractivity contribution >= 4 is 11.9 Å². The Hall–Kier alpha value is -1.91. The Morgan fingerprint density at radius 3 is 2.24 bits per heavy atom. The lowest BCUT2D eigenvalue weighted by Gasteiger charge is -2.27. The Labute approximate surface area is 99.9 Å². The van der Waals surface area contributed by atoms with Gasteiger partial charge in [-0.15, -0.1) is 0 Å². The summed E-state index contributed by atoms with van der Waals surface area (Å²) in [5, 5.41) is 11.8. The van der Waals surface area contributed by atoms with Crippen LogP contribution >= 0.6 is 0 Å². The second-order valence-electron chi connectivity index (χ2n) is 3.78. The lowest BCUT2D eigenvalue weighted by atomic mass is 9.92. The molecular formula is C12H16N2O3. The summed E-state index contributed by atoms with van der Waals surface area (Å²) in [6, 6.07) is 3.10. The van der Waals surface area contributed by atoms with Gasteiger partial charge >= 0.3 is 5.97 Å². The first-order chi connectivity index (χ1) is 8.05. The minimum Gasteiger partial charge on any atom is -0.480 e. The number of carboxylic acid groups (broad SMARTS) is 1. The molecule has 0 saturated carbocycles. The highest BCUT2D eigenvalue weighted by Crippen LogP contribution is 2.16. The van der Waals surface area contributed by atoms with Crippen LogP contribution in [0.15, 0.2) is 24.5 Å². The van der Waals surface area contributed by atoms with Gasteiger partial charge in [0.15, 0.2) is 0 Å². The first-order valence-corrected chi connectivity index (χ1v) is 5.51. The third-order valence-electron chi connectivity index (χ3n) is 2.91. The Morgan fingerprint density at radius 2 is 1.82 bits per heavy atom. The zero-order valence-electron chi connectivity index (χ0n) is 9.93. The van der Waals surface area contributed by atoms with E-state index >= 15 is 0 Å². The largest absolute Gasteiger partial charge is 0.480 e. The van der Waals surface area contributed by atoms with Crippen molar-refractivity contribution in [2.75, 3.05) is 0 Å². The Bertz CT molecular complexity index is 399. The summed E-state index contributed by atoms with van der Waals surface area (Å²) in [5.41, 5.74) is -0.784. The summed E-state index contributed by atoms with van der Waals surface area (Å²) in [4.78, 5) is 26.9. The van der Waals surface area contributed by atoms with Gasteiger partial charge in [-0.3, -0.25) is 9.78 Å². The maximum absolute atomic E-state index is 11.9. The number of hydrogen-bond donors (Lipinski definition) is 2. The van der Waals surface area contributed by atoms with E-state index in [1.807, 2.05) is 0 Å². The molecule has 0 unspecified atom stereocenters. The van der Waals surface area contributed by atoms with Crippen LogP contribution in [-0.4, -0.2) is 27.5 Å². The van der Waals surface area contributed by atoms with E-state index in [9.17, 15) is 14.7 Å². The molecule has 1 heterocycles. The number of carbonyl (C=O) groups excluding carboxylic acids is 1. The summed E-state index contributed by atoms with van der Waals surface area (Å²) in [6.45, 7) is 3.48. The molecule has 1 amide bonds. The van der Waals surface area contributed by atoms with E-state index in [1.54, 1.807) is 26.0 Å². The standard InChI is InChI=1S/C12H16N2O3/c1-3-12(4-2,11(16)17)14-10(15)9-5-7-13-8-6-9/h5-8H,3-4H2,1-2H3,(H,14,15)(H,16,17). The quantitative estimate of drug-likeness (QED) is 0.811. The first kappa shape index (κ1) is 13.2. The van der Waals surface area contributed by atoms with Crippen molar-refractivity contribution in [3.05, 3.63) is 30.1 Å². The fourth-order valence-corrected chi connectivity index (χ4v) is 1.58. The minimum atomic E-state index is -1.19. The third kappa shape index (κ3) is 2.81. The van der Waals surface area contributed by atoms with E-state index in [-0.39, 0.29) is 0 Å². The molecular weight excluding hydrogens is 220 g/mol. The van der Waals surface area contributed by atoms with Crippen LogP contribution < -0.4 is 5.32 Å². The summed E-state index contributed by atoms with van der Waals surface area (Å²) < 4.78 is 0. The van der Waals surface area contributed by atoms with Crippen molar-refractivity contribution in [2.24, 2.45) is 0 Å². The van der Waals surface area contributed by atoms with E-state index in [0.29, 0.717) is 18.4 Å². The Kier molecular flexibility index (Phi) is 4.20.